The number of rotatable bonds is 1. The number of amides is 1. The first-order valence-corrected chi connectivity index (χ1v) is 11.2. The number of fused-ring (bicyclic) bond motifs is 6. The van der Waals surface area contributed by atoms with E-state index in [1.54, 1.807) is 6.07 Å². The molecule has 0 saturated heterocycles. The molecule has 0 unspecified atom stereocenters. The molecule has 0 bridgehead atoms. The third kappa shape index (κ3) is 3.78. The van der Waals surface area contributed by atoms with Gasteiger partial charge >= 0.3 is 0 Å². The molecule has 0 atom stereocenters. The Hall–Kier alpha value is -3.85. The summed E-state index contributed by atoms with van der Waals surface area (Å²) in [6, 6.07) is 22.7. The van der Waals surface area contributed by atoms with Crippen LogP contribution in [0.5, 0.6) is 0 Å². The van der Waals surface area contributed by atoms with E-state index in [1.165, 1.54) is 46.7 Å². The normalized spacial score (nSPS) is 14.0. The minimum atomic E-state index is -0.363. The Labute approximate surface area is 188 Å². The van der Waals surface area contributed by atoms with Crippen molar-refractivity contribution in [3.63, 3.8) is 0 Å². The van der Waals surface area contributed by atoms with Gasteiger partial charge in [0.05, 0.1) is 0 Å². The molecular formula is C29H26N2O. The number of carbonyl (C=O) groups is 1. The number of carbonyl (C=O) groups excluding carboxylic acids is 1. The summed E-state index contributed by atoms with van der Waals surface area (Å²) in [6.45, 7) is 0. The van der Waals surface area contributed by atoms with Crippen molar-refractivity contribution in [1.82, 2.24) is 0 Å². The number of hydrogen-bond donors (Lipinski definition) is 2. The zero-order chi connectivity index (χ0) is 21.9. The first-order chi connectivity index (χ1) is 15.7. The van der Waals surface area contributed by atoms with Gasteiger partial charge in [0, 0.05) is 17.5 Å². The highest BCUT2D eigenvalue weighted by atomic mass is 16.1. The van der Waals surface area contributed by atoms with Crippen LogP contribution >= 0.6 is 0 Å². The Kier molecular flexibility index (Phi) is 5.47. The standard InChI is InChI=1S/C19H17NO.C10H9N/c20-19(21)18-7-3-6-14-16-9-8-12-4-1-2-5-13(12)15(16)10-11-17(14)18;1-2-7-10-9(5-1)6-3-4-8-11-10/h3,6-11H,1-2,4-5H2,(H2,20,21);1-8,11H. The summed E-state index contributed by atoms with van der Waals surface area (Å²) in [5.41, 5.74) is 11.5. The molecule has 1 aliphatic heterocycles. The highest BCUT2D eigenvalue weighted by Gasteiger charge is 2.15. The molecule has 3 heteroatoms. The van der Waals surface area contributed by atoms with Crippen LogP contribution in [0, 0.1) is 0 Å². The van der Waals surface area contributed by atoms with E-state index in [-0.39, 0.29) is 5.91 Å². The fraction of sp³-hybridized carbons (Fsp3) is 0.138. The number of hydrogen-bond acceptors (Lipinski definition) is 2. The summed E-state index contributed by atoms with van der Waals surface area (Å²) in [5.74, 6) is -0.363. The Morgan fingerprint density at radius 1 is 0.750 bits per heavy atom. The van der Waals surface area contributed by atoms with Gasteiger partial charge in [-0.3, -0.25) is 4.79 Å². The lowest BCUT2D eigenvalue weighted by Crippen LogP contribution is -2.11. The van der Waals surface area contributed by atoms with Crippen LogP contribution in [0.25, 0.3) is 27.6 Å². The SMILES string of the molecule is C1=CNc2ccccc2C=C1.NC(=O)c1cccc2c1ccc1c3c(ccc12)CCCC3. The first kappa shape index (κ1) is 20.1. The molecule has 32 heavy (non-hydrogen) atoms. The molecule has 2 aliphatic rings. The Morgan fingerprint density at radius 2 is 1.53 bits per heavy atom. The summed E-state index contributed by atoms with van der Waals surface area (Å²) in [5, 5.41) is 7.82. The van der Waals surface area contributed by atoms with Gasteiger partial charge in [0.1, 0.15) is 0 Å². The zero-order valence-electron chi connectivity index (χ0n) is 18.0. The second kappa shape index (κ2) is 8.72. The summed E-state index contributed by atoms with van der Waals surface area (Å²) < 4.78 is 0. The summed E-state index contributed by atoms with van der Waals surface area (Å²) in [7, 11) is 0. The number of para-hydroxylation sites is 1. The highest BCUT2D eigenvalue weighted by molar-refractivity contribution is 6.15. The maximum absolute atomic E-state index is 11.6. The molecule has 0 saturated carbocycles. The number of benzene rings is 4. The van der Waals surface area contributed by atoms with E-state index >= 15 is 0 Å². The molecule has 158 valence electrons. The number of primary amides is 1. The van der Waals surface area contributed by atoms with E-state index in [9.17, 15) is 4.79 Å². The van der Waals surface area contributed by atoms with Gasteiger partial charge in [0.25, 0.3) is 0 Å². The van der Waals surface area contributed by atoms with Gasteiger partial charge in [-0.2, -0.15) is 0 Å². The maximum atomic E-state index is 11.6. The van der Waals surface area contributed by atoms with Crippen molar-refractivity contribution in [3.8, 4) is 0 Å². The number of allylic oxidation sites excluding steroid dienone is 2. The molecule has 0 fully saturated rings. The fourth-order valence-corrected chi connectivity index (χ4v) is 4.77. The van der Waals surface area contributed by atoms with Crippen molar-refractivity contribution in [3.05, 3.63) is 107 Å². The van der Waals surface area contributed by atoms with Crippen LogP contribution in [0.4, 0.5) is 5.69 Å². The van der Waals surface area contributed by atoms with Crippen molar-refractivity contribution in [2.24, 2.45) is 5.73 Å². The van der Waals surface area contributed by atoms with E-state index in [0.29, 0.717) is 5.56 Å². The van der Waals surface area contributed by atoms with Crippen molar-refractivity contribution < 1.29 is 4.79 Å². The highest BCUT2D eigenvalue weighted by Crippen LogP contribution is 2.34. The summed E-state index contributed by atoms with van der Waals surface area (Å²) >= 11 is 0. The molecule has 0 radical (unpaired) electrons. The van der Waals surface area contributed by atoms with Crippen molar-refractivity contribution >= 4 is 39.2 Å². The van der Waals surface area contributed by atoms with E-state index < -0.39 is 0 Å². The van der Waals surface area contributed by atoms with E-state index in [4.69, 9.17) is 5.73 Å². The molecule has 4 aromatic carbocycles. The van der Waals surface area contributed by atoms with Gasteiger partial charge in [-0.1, -0.05) is 66.7 Å². The van der Waals surface area contributed by atoms with Crippen LogP contribution in [0.15, 0.2) is 85.1 Å². The Morgan fingerprint density at radius 3 is 2.44 bits per heavy atom. The van der Waals surface area contributed by atoms with Crippen molar-refractivity contribution in [1.29, 1.82) is 0 Å². The summed E-state index contributed by atoms with van der Waals surface area (Å²) in [6.07, 6.45) is 12.9. The average molecular weight is 419 g/mol. The van der Waals surface area contributed by atoms with Crippen LogP contribution in [0.3, 0.4) is 0 Å². The molecule has 0 aromatic heterocycles. The Bertz CT molecular complexity index is 1380. The predicted octanol–water partition coefficient (Wildman–Crippen LogP) is 6.61. The van der Waals surface area contributed by atoms with Crippen LogP contribution in [-0.4, -0.2) is 5.91 Å². The number of nitrogens with one attached hydrogen (secondary N) is 1. The smallest absolute Gasteiger partial charge is 0.249 e. The van der Waals surface area contributed by atoms with E-state index in [1.807, 2.05) is 42.6 Å². The van der Waals surface area contributed by atoms with E-state index in [2.05, 4.69) is 47.8 Å². The number of nitrogens with two attached hydrogens (primary N) is 1. The minimum Gasteiger partial charge on any atom is -0.366 e. The minimum absolute atomic E-state index is 0.363. The molecular weight excluding hydrogens is 392 g/mol. The van der Waals surface area contributed by atoms with Crippen LogP contribution in [-0.2, 0) is 12.8 Å². The zero-order valence-corrected chi connectivity index (χ0v) is 18.0. The predicted molar refractivity (Wildman–Crippen MR) is 135 cm³/mol. The summed E-state index contributed by atoms with van der Waals surface area (Å²) in [4.78, 5) is 11.6. The van der Waals surface area contributed by atoms with E-state index in [0.717, 1.165) is 22.9 Å². The molecule has 6 rings (SSSR count). The lowest BCUT2D eigenvalue weighted by Gasteiger charge is -2.19. The quantitative estimate of drug-likeness (QED) is 0.342. The van der Waals surface area contributed by atoms with Crippen LogP contribution in [0.1, 0.15) is 39.9 Å². The third-order valence-electron chi connectivity index (χ3n) is 6.34. The molecule has 0 spiro atoms. The molecule has 4 aromatic rings. The third-order valence-corrected chi connectivity index (χ3v) is 6.34. The van der Waals surface area contributed by atoms with Gasteiger partial charge < -0.3 is 11.1 Å². The topological polar surface area (TPSA) is 55.1 Å². The van der Waals surface area contributed by atoms with Gasteiger partial charge in [-0.05, 0) is 82.1 Å². The first-order valence-electron chi connectivity index (χ1n) is 11.2. The Balaban J connectivity index is 0.000000165. The van der Waals surface area contributed by atoms with Gasteiger partial charge in [-0.25, -0.2) is 0 Å². The van der Waals surface area contributed by atoms with Crippen LogP contribution in [0.2, 0.25) is 0 Å². The lowest BCUT2D eigenvalue weighted by molar-refractivity contribution is 0.100. The van der Waals surface area contributed by atoms with Gasteiger partial charge in [0.2, 0.25) is 5.91 Å². The number of anilines is 1. The van der Waals surface area contributed by atoms with Gasteiger partial charge in [-0.15, -0.1) is 0 Å². The molecule has 3 nitrogen and oxygen atoms in total. The fourth-order valence-electron chi connectivity index (χ4n) is 4.77. The average Bonchev–Trinajstić information content (AvgIpc) is 3.09. The molecule has 1 amide bonds. The monoisotopic (exact) mass is 418 g/mol. The number of aryl methyl sites for hydroxylation is 2. The maximum Gasteiger partial charge on any atom is 0.249 e. The van der Waals surface area contributed by atoms with Gasteiger partial charge in [0.15, 0.2) is 0 Å². The van der Waals surface area contributed by atoms with Crippen LogP contribution < -0.4 is 11.1 Å². The lowest BCUT2D eigenvalue weighted by atomic mass is 9.86. The second-order valence-electron chi connectivity index (χ2n) is 8.29. The largest absolute Gasteiger partial charge is 0.366 e. The van der Waals surface area contributed by atoms with Crippen molar-refractivity contribution in [2.45, 2.75) is 25.7 Å². The molecule has 3 N–H and O–H groups in total. The second-order valence-corrected chi connectivity index (χ2v) is 8.29. The van der Waals surface area contributed by atoms with Crippen molar-refractivity contribution in [2.75, 3.05) is 5.32 Å². The molecule has 1 aliphatic carbocycles. The molecule has 1 heterocycles.